The maximum Gasteiger partial charge on any atom is 0.322 e. The number of nitrogens with one attached hydrogen (secondary N) is 1. The van der Waals surface area contributed by atoms with Crippen molar-refractivity contribution in [2.45, 2.75) is 20.3 Å². The number of carboxylic acids is 2. The minimum absolute atomic E-state index is 0.275. The van der Waals surface area contributed by atoms with Crippen LogP contribution in [0.4, 0.5) is 0 Å². The molecular formula is C14H19NO5. The number of rotatable bonds is 5. The second kappa shape index (κ2) is 9.55. The summed E-state index contributed by atoms with van der Waals surface area (Å²) in [4.78, 5) is 31.1. The van der Waals surface area contributed by atoms with Crippen molar-refractivity contribution >= 4 is 17.8 Å². The number of carboxylic acid groups (broad SMARTS) is 2. The van der Waals surface area contributed by atoms with Crippen LogP contribution in [-0.2, 0) is 9.59 Å². The van der Waals surface area contributed by atoms with Crippen molar-refractivity contribution in [3.63, 3.8) is 0 Å². The number of benzene rings is 1. The number of amides is 1. The zero-order chi connectivity index (χ0) is 15.5. The van der Waals surface area contributed by atoms with Crippen LogP contribution in [-0.4, -0.2) is 34.6 Å². The molecule has 0 aromatic heterocycles. The Balaban J connectivity index is 0.000000441. The van der Waals surface area contributed by atoms with E-state index in [9.17, 15) is 14.4 Å². The number of carbonyl (C=O) groups is 3. The van der Waals surface area contributed by atoms with E-state index in [0.717, 1.165) is 0 Å². The van der Waals surface area contributed by atoms with Crippen LogP contribution in [0.3, 0.4) is 0 Å². The molecule has 20 heavy (non-hydrogen) atoms. The summed E-state index contributed by atoms with van der Waals surface area (Å²) in [6, 6.07) is 8.47. The van der Waals surface area contributed by atoms with E-state index in [2.05, 4.69) is 5.32 Å². The van der Waals surface area contributed by atoms with Crippen molar-refractivity contribution in [1.29, 1.82) is 0 Å². The Bertz CT molecular complexity index is 442. The van der Waals surface area contributed by atoms with Gasteiger partial charge in [-0.1, -0.05) is 32.0 Å². The number of aliphatic carboxylic acids is 2. The standard InChI is InChI=1S/C9H9NO3.C5H10O2/c11-8(12)6-10-9(13)7-4-2-1-3-5-7;1-4(2)3-5(6)7/h1-5H,6H2,(H,10,13)(H,11,12);4H,3H2,1-2H3,(H,6,7). The van der Waals surface area contributed by atoms with Gasteiger partial charge >= 0.3 is 11.9 Å². The SMILES string of the molecule is CC(C)CC(=O)O.O=C(O)CNC(=O)c1ccccc1. The molecule has 6 heteroatoms. The third kappa shape index (κ3) is 9.64. The summed E-state index contributed by atoms with van der Waals surface area (Å²) in [7, 11) is 0. The van der Waals surface area contributed by atoms with Crippen molar-refractivity contribution in [2.24, 2.45) is 5.92 Å². The Hall–Kier alpha value is -2.37. The number of carbonyl (C=O) groups excluding carboxylic acids is 1. The van der Waals surface area contributed by atoms with E-state index < -0.39 is 11.9 Å². The molecule has 0 radical (unpaired) electrons. The van der Waals surface area contributed by atoms with Crippen LogP contribution in [0, 0.1) is 5.92 Å². The van der Waals surface area contributed by atoms with Gasteiger partial charge in [0.05, 0.1) is 0 Å². The van der Waals surface area contributed by atoms with E-state index in [1.807, 2.05) is 13.8 Å². The first-order chi connectivity index (χ1) is 9.32. The first-order valence-electron chi connectivity index (χ1n) is 6.09. The van der Waals surface area contributed by atoms with Crippen molar-refractivity contribution in [3.05, 3.63) is 35.9 Å². The highest BCUT2D eigenvalue weighted by Crippen LogP contribution is 1.97. The molecule has 0 aliphatic rings. The molecule has 0 heterocycles. The summed E-state index contributed by atoms with van der Waals surface area (Å²) in [6.07, 6.45) is 0.278. The van der Waals surface area contributed by atoms with Crippen LogP contribution in [0.2, 0.25) is 0 Å². The van der Waals surface area contributed by atoms with Crippen LogP contribution in [0.25, 0.3) is 0 Å². The Labute approximate surface area is 117 Å². The topological polar surface area (TPSA) is 104 Å². The summed E-state index contributed by atoms with van der Waals surface area (Å²) < 4.78 is 0. The lowest BCUT2D eigenvalue weighted by Crippen LogP contribution is -2.29. The highest BCUT2D eigenvalue weighted by Gasteiger charge is 2.04. The maximum atomic E-state index is 11.2. The summed E-state index contributed by atoms with van der Waals surface area (Å²) in [5.41, 5.74) is 0.462. The van der Waals surface area contributed by atoms with Gasteiger partial charge in [0.2, 0.25) is 0 Å². The Morgan fingerprint density at radius 2 is 1.60 bits per heavy atom. The van der Waals surface area contributed by atoms with Gasteiger partial charge in [-0.2, -0.15) is 0 Å². The van der Waals surface area contributed by atoms with Crippen molar-refractivity contribution in [2.75, 3.05) is 6.54 Å². The molecule has 6 nitrogen and oxygen atoms in total. The highest BCUT2D eigenvalue weighted by atomic mass is 16.4. The monoisotopic (exact) mass is 281 g/mol. The van der Waals surface area contributed by atoms with Gasteiger partial charge in [0, 0.05) is 12.0 Å². The van der Waals surface area contributed by atoms with Gasteiger partial charge in [-0.25, -0.2) is 0 Å². The van der Waals surface area contributed by atoms with Crippen molar-refractivity contribution in [3.8, 4) is 0 Å². The molecule has 0 atom stereocenters. The van der Waals surface area contributed by atoms with Gasteiger partial charge in [0.15, 0.2) is 0 Å². The van der Waals surface area contributed by atoms with Crippen molar-refractivity contribution in [1.82, 2.24) is 5.32 Å². The average Bonchev–Trinajstić information content (AvgIpc) is 2.36. The summed E-state index contributed by atoms with van der Waals surface area (Å²) in [6.45, 7) is 3.41. The van der Waals surface area contributed by atoms with Gasteiger partial charge in [0.1, 0.15) is 6.54 Å². The molecule has 0 spiro atoms. The van der Waals surface area contributed by atoms with E-state index in [4.69, 9.17) is 10.2 Å². The largest absolute Gasteiger partial charge is 0.481 e. The second-order valence-electron chi connectivity index (χ2n) is 4.43. The average molecular weight is 281 g/mol. The fourth-order valence-electron chi connectivity index (χ4n) is 1.20. The lowest BCUT2D eigenvalue weighted by molar-refractivity contribution is -0.138. The third-order valence-electron chi connectivity index (χ3n) is 2.02. The number of hydrogen-bond acceptors (Lipinski definition) is 3. The minimum atomic E-state index is -1.05. The van der Waals surface area contributed by atoms with Gasteiger partial charge < -0.3 is 15.5 Å². The first kappa shape index (κ1) is 17.6. The van der Waals surface area contributed by atoms with E-state index in [0.29, 0.717) is 5.56 Å². The molecule has 1 aromatic rings. The Morgan fingerprint density at radius 3 is 1.95 bits per heavy atom. The molecule has 0 aliphatic heterocycles. The van der Waals surface area contributed by atoms with Gasteiger partial charge in [-0.3, -0.25) is 14.4 Å². The Kier molecular flexibility index (Phi) is 8.41. The third-order valence-corrected chi connectivity index (χ3v) is 2.02. The lowest BCUT2D eigenvalue weighted by atomic mass is 10.1. The van der Waals surface area contributed by atoms with Crippen LogP contribution in [0.15, 0.2) is 30.3 Å². The molecule has 1 amide bonds. The summed E-state index contributed by atoms with van der Waals surface area (Å²) >= 11 is 0. The second-order valence-corrected chi connectivity index (χ2v) is 4.43. The molecule has 0 aliphatic carbocycles. The van der Waals surface area contributed by atoms with Gasteiger partial charge in [0.25, 0.3) is 5.91 Å². The summed E-state index contributed by atoms with van der Waals surface area (Å²) in [5, 5.41) is 18.6. The quantitative estimate of drug-likeness (QED) is 0.760. The van der Waals surface area contributed by atoms with Gasteiger partial charge in [-0.15, -0.1) is 0 Å². The lowest BCUT2D eigenvalue weighted by Gasteiger charge is -2.00. The molecule has 1 aromatic carbocycles. The fraction of sp³-hybridized carbons (Fsp3) is 0.357. The van der Waals surface area contributed by atoms with Crippen LogP contribution in [0.5, 0.6) is 0 Å². The van der Waals surface area contributed by atoms with E-state index in [1.165, 1.54) is 0 Å². The first-order valence-corrected chi connectivity index (χ1v) is 6.09. The molecule has 0 unspecified atom stereocenters. The van der Waals surface area contributed by atoms with Crippen LogP contribution < -0.4 is 5.32 Å². The van der Waals surface area contributed by atoms with Crippen molar-refractivity contribution < 1.29 is 24.6 Å². The zero-order valence-corrected chi connectivity index (χ0v) is 11.5. The molecule has 110 valence electrons. The predicted molar refractivity (Wildman–Crippen MR) is 73.5 cm³/mol. The smallest absolute Gasteiger partial charge is 0.322 e. The van der Waals surface area contributed by atoms with E-state index >= 15 is 0 Å². The molecule has 0 bridgehead atoms. The Morgan fingerprint density at radius 1 is 1.05 bits per heavy atom. The van der Waals surface area contributed by atoms with E-state index in [-0.39, 0.29) is 24.8 Å². The fourth-order valence-corrected chi connectivity index (χ4v) is 1.20. The zero-order valence-electron chi connectivity index (χ0n) is 11.5. The molecular weight excluding hydrogens is 262 g/mol. The molecule has 1 rings (SSSR count). The van der Waals surface area contributed by atoms with Crippen LogP contribution >= 0.6 is 0 Å². The minimum Gasteiger partial charge on any atom is -0.481 e. The van der Waals surface area contributed by atoms with Gasteiger partial charge in [-0.05, 0) is 18.1 Å². The van der Waals surface area contributed by atoms with E-state index in [1.54, 1.807) is 30.3 Å². The van der Waals surface area contributed by atoms with Crippen LogP contribution in [0.1, 0.15) is 30.6 Å². The predicted octanol–water partition coefficient (Wildman–Crippen LogP) is 1.62. The summed E-state index contributed by atoms with van der Waals surface area (Å²) in [5.74, 6) is -1.86. The molecule has 3 N–H and O–H groups in total. The maximum absolute atomic E-state index is 11.2. The molecule has 0 fully saturated rings. The molecule has 0 saturated heterocycles. The number of hydrogen-bond donors (Lipinski definition) is 3. The normalized spacial score (nSPS) is 9.35. The molecule has 0 saturated carbocycles. The highest BCUT2D eigenvalue weighted by molar-refractivity contribution is 5.95.